The quantitative estimate of drug-likeness (QED) is 0.558. The van der Waals surface area contributed by atoms with Crippen molar-refractivity contribution < 1.29 is 12.8 Å². The molecule has 2 saturated heterocycles. The van der Waals surface area contributed by atoms with Crippen molar-refractivity contribution in [3.05, 3.63) is 24.9 Å². The average Bonchev–Trinajstić information content (AvgIpc) is 3.48. The first-order valence-corrected chi connectivity index (χ1v) is 12.4. The summed E-state index contributed by atoms with van der Waals surface area (Å²) in [5.41, 5.74) is 0.810. The van der Waals surface area contributed by atoms with Crippen molar-refractivity contribution in [2.45, 2.75) is 37.5 Å². The number of rotatable bonds is 6. The number of aromatic amines is 1. The van der Waals surface area contributed by atoms with Gasteiger partial charge in [0.1, 0.15) is 17.9 Å². The van der Waals surface area contributed by atoms with Gasteiger partial charge in [0.05, 0.1) is 29.2 Å². The molecular formula is C20H24FN9O2S. The van der Waals surface area contributed by atoms with Crippen molar-refractivity contribution in [1.82, 2.24) is 39.2 Å². The zero-order valence-corrected chi connectivity index (χ0v) is 18.9. The van der Waals surface area contributed by atoms with Crippen LogP contribution < -0.4 is 0 Å². The Hall–Kier alpha value is -2.95. The summed E-state index contributed by atoms with van der Waals surface area (Å²) in [7, 11) is -3.20. The van der Waals surface area contributed by atoms with Crippen LogP contribution in [0.3, 0.4) is 0 Å². The van der Waals surface area contributed by atoms with Crippen LogP contribution in [0.4, 0.5) is 4.39 Å². The van der Waals surface area contributed by atoms with E-state index in [-0.39, 0.29) is 11.8 Å². The first-order valence-electron chi connectivity index (χ1n) is 10.8. The van der Waals surface area contributed by atoms with Gasteiger partial charge < -0.3 is 0 Å². The van der Waals surface area contributed by atoms with E-state index in [1.54, 1.807) is 31.6 Å². The Bertz CT molecular complexity index is 1300. The fourth-order valence-corrected chi connectivity index (χ4v) is 5.94. The molecule has 5 rings (SSSR count). The van der Waals surface area contributed by atoms with E-state index in [9.17, 15) is 18.1 Å². The monoisotopic (exact) mass is 473 g/mol. The number of sulfonamides is 1. The van der Waals surface area contributed by atoms with Crippen LogP contribution in [0.25, 0.3) is 22.3 Å². The average molecular weight is 474 g/mol. The second-order valence-corrected chi connectivity index (χ2v) is 10.8. The Kier molecular flexibility index (Phi) is 5.38. The highest BCUT2D eigenvalue weighted by Gasteiger charge is 2.54. The van der Waals surface area contributed by atoms with Crippen molar-refractivity contribution in [2.75, 3.05) is 31.9 Å². The van der Waals surface area contributed by atoms with E-state index in [0.29, 0.717) is 55.9 Å². The zero-order chi connectivity index (χ0) is 23.2. The largest absolute Gasteiger partial charge is 0.295 e. The normalized spacial score (nSPS) is 21.0. The highest BCUT2D eigenvalue weighted by Crippen LogP contribution is 2.38. The van der Waals surface area contributed by atoms with Crippen molar-refractivity contribution in [3.63, 3.8) is 0 Å². The van der Waals surface area contributed by atoms with Crippen LogP contribution in [0.1, 0.15) is 19.8 Å². The maximum Gasteiger partial charge on any atom is 0.213 e. The van der Waals surface area contributed by atoms with Gasteiger partial charge in [-0.3, -0.25) is 14.7 Å². The molecular weight excluding hydrogens is 449 g/mol. The second kappa shape index (κ2) is 8.12. The number of H-pyrrole nitrogens is 1. The van der Waals surface area contributed by atoms with Crippen molar-refractivity contribution in [2.24, 2.45) is 0 Å². The van der Waals surface area contributed by atoms with Crippen molar-refractivity contribution in [1.29, 1.82) is 5.26 Å². The molecule has 1 atom stereocenters. The second-order valence-electron chi connectivity index (χ2n) is 8.56. The lowest BCUT2D eigenvalue weighted by atomic mass is 9.82. The summed E-state index contributed by atoms with van der Waals surface area (Å²) < 4.78 is 42.3. The minimum absolute atomic E-state index is 0.0925. The summed E-state index contributed by atoms with van der Waals surface area (Å²) in [4.78, 5) is 10.6. The number of hydrogen-bond acceptors (Lipinski definition) is 8. The smallest absolute Gasteiger partial charge is 0.213 e. The molecule has 13 heteroatoms. The Balaban J connectivity index is 1.34. The first-order chi connectivity index (χ1) is 15.9. The highest BCUT2D eigenvalue weighted by atomic mass is 32.2. The summed E-state index contributed by atoms with van der Waals surface area (Å²) in [6.45, 7) is 3.23. The number of halogens is 1. The standard InChI is InChI=1S/C20H24FN9O2S/c1-2-33(31,32)29-5-3-15(4-6-29)28-11-20(12-28,17(21)7-22)30-10-14(8-26-30)18-16-9-25-27-19(16)24-13-23-18/h8-10,13,15,17H,2-6,11-12H2,1H3,(H,23,24,25,27). The molecule has 0 amide bonds. The van der Waals surface area contributed by atoms with Gasteiger partial charge in [-0.1, -0.05) is 0 Å². The van der Waals surface area contributed by atoms with Gasteiger partial charge in [0, 0.05) is 44.0 Å². The third-order valence-electron chi connectivity index (χ3n) is 6.80. The van der Waals surface area contributed by atoms with E-state index in [0.717, 1.165) is 5.39 Å². The van der Waals surface area contributed by atoms with Gasteiger partial charge in [-0.25, -0.2) is 27.1 Å². The third kappa shape index (κ3) is 3.58. The zero-order valence-electron chi connectivity index (χ0n) is 18.1. The van der Waals surface area contributed by atoms with E-state index in [2.05, 4.69) is 30.2 Å². The number of alkyl halides is 1. The maximum atomic E-state index is 15.0. The SMILES string of the molecule is CCS(=O)(=O)N1CCC(N2CC(C(F)C#N)(n3cc(-c4ncnc5[nH]ncc45)cn3)C2)CC1. The fraction of sp³-hybridized carbons (Fsp3) is 0.550. The number of fused-ring (bicyclic) bond motifs is 1. The lowest BCUT2D eigenvalue weighted by molar-refractivity contribution is -0.0703. The third-order valence-corrected chi connectivity index (χ3v) is 8.68. The lowest BCUT2D eigenvalue weighted by Gasteiger charge is -2.54. The van der Waals surface area contributed by atoms with Gasteiger partial charge in [-0.05, 0) is 19.8 Å². The molecule has 174 valence electrons. The van der Waals surface area contributed by atoms with E-state index >= 15 is 0 Å². The molecule has 2 aliphatic heterocycles. The molecule has 1 unspecified atom stereocenters. The number of piperidine rings is 1. The van der Waals surface area contributed by atoms with Gasteiger partial charge in [0.15, 0.2) is 5.65 Å². The van der Waals surface area contributed by atoms with E-state index < -0.39 is 21.7 Å². The number of nitrogens with zero attached hydrogens (tertiary/aromatic N) is 8. The van der Waals surface area contributed by atoms with Gasteiger partial charge in [0.25, 0.3) is 0 Å². The summed E-state index contributed by atoms with van der Waals surface area (Å²) >= 11 is 0. The Morgan fingerprint density at radius 3 is 2.76 bits per heavy atom. The van der Waals surface area contributed by atoms with Crippen LogP contribution in [0.5, 0.6) is 0 Å². The molecule has 2 fully saturated rings. The molecule has 0 aliphatic carbocycles. The summed E-state index contributed by atoms with van der Waals surface area (Å²) in [6.07, 6.45) is 6.00. The predicted octanol–water partition coefficient (Wildman–Crippen LogP) is 0.903. The van der Waals surface area contributed by atoms with Crippen LogP contribution in [0, 0.1) is 11.3 Å². The summed E-state index contributed by atoms with van der Waals surface area (Å²) in [6, 6.07) is 1.90. The minimum atomic E-state index is -3.20. The fourth-order valence-electron chi connectivity index (χ4n) is 4.81. The van der Waals surface area contributed by atoms with Gasteiger partial charge >= 0.3 is 0 Å². The van der Waals surface area contributed by atoms with Crippen LogP contribution in [0.15, 0.2) is 24.9 Å². The molecule has 3 aromatic rings. The Morgan fingerprint density at radius 1 is 1.30 bits per heavy atom. The molecule has 0 spiro atoms. The van der Waals surface area contributed by atoms with Crippen molar-refractivity contribution in [3.8, 4) is 17.3 Å². The topological polar surface area (TPSA) is 137 Å². The van der Waals surface area contributed by atoms with Gasteiger partial charge in [0.2, 0.25) is 16.2 Å². The molecule has 3 aromatic heterocycles. The molecule has 0 saturated carbocycles. The molecule has 11 nitrogen and oxygen atoms in total. The molecule has 0 radical (unpaired) electrons. The van der Waals surface area contributed by atoms with E-state index in [1.807, 2.05) is 0 Å². The molecule has 1 N–H and O–H groups in total. The Morgan fingerprint density at radius 2 is 2.06 bits per heavy atom. The van der Waals surface area contributed by atoms with Crippen LogP contribution in [-0.4, -0.2) is 91.7 Å². The lowest BCUT2D eigenvalue weighted by Crippen LogP contribution is -2.70. The summed E-state index contributed by atoms with van der Waals surface area (Å²) in [5, 5.41) is 21.3. The minimum Gasteiger partial charge on any atom is -0.295 e. The van der Waals surface area contributed by atoms with Crippen LogP contribution in [-0.2, 0) is 15.6 Å². The van der Waals surface area contributed by atoms with Gasteiger partial charge in [-0.2, -0.15) is 15.5 Å². The molecule has 5 heterocycles. The number of likely N-dealkylation sites (tertiary alicyclic amines) is 1. The van der Waals surface area contributed by atoms with Gasteiger partial charge in [-0.15, -0.1) is 0 Å². The molecule has 2 aliphatic rings. The van der Waals surface area contributed by atoms with E-state index in [4.69, 9.17) is 0 Å². The first kappa shape index (κ1) is 21.9. The molecule has 33 heavy (non-hydrogen) atoms. The van der Waals surface area contributed by atoms with E-state index in [1.165, 1.54) is 15.3 Å². The Labute approximate surface area is 190 Å². The predicted molar refractivity (Wildman–Crippen MR) is 117 cm³/mol. The van der Waals surface area contributed by atoms with Crippen molar-refractivity contribution >= 4 is 21.1 Å². The number of nitriles is 1. The number of nitrogens with one attached hydrogen (secondary N) is 1. The molecule has 0 bridgehead atoms. The number of hydrogen-bond donors (Lipinski definition) is 1. The summed E-state index contributed by atoms with van der Waals surface area (Å²) in [5.74, 6) is 0.0925. The number of aromatic nitrogens is 6. The highest BCUT2D eigenvalue weighted by molar-refractivity contribution is 7.89. The maximum absolute atomic E-state index is 15.0. The van der Waals surface area contributed by atoms with Crippen LogP contribution in [0.2, 0.25) is 0 Å². The molecule has 0 aromatic carbocycles. The van der Waals surface area contributed by atoms with Crippen LogP contribution >= 0.6 is 0 Å².